The molecule has 0 aliphatic heterocycles. The SMILES string of the molecule is CC(C)NC(=O)CNC(=O)c1cccc([N+](=O)[O-])c1N. The van der Waals surface area contributed by atoms with Gasteiger partial charge in [0.25, 0.3) is 11.6 Å². The van der Waals surface area contributed by atoms with Gasteiger partial charge in [-0.25, -0.2) is 0 Å². The number of para-hydroxylation sites is 1. The van der Waals surface area contributed by atoms with Crippen LogP contribution in [0.5, 0.6) is 0 Å². The number of nitrogens with zero attached hydrogens (tertiary/aromatic N) is 1. The Bertz CT molecular complexity index is 542. The van der Waals surface area contributed by atoms with E-state index in [1.165, 1.54) is 18.2 Å². The summed E-state index contributed by atoms with van der Waals surface area (Å²) in [4.78, 5) is 33.3. The summed E-state index contributed by atoms with van der Waals surface area (Å²) in [6.07, 6.45) is 0. The van der Waals surface area contributed by atoms with E-state index < -0.39 is 10.8 Å². The van der Waals surface area contributed by atoms with Gasteiger partial charge in [0, 0.05) is 12.1 Å². The number of hydrogen-bond acceptors (Lipinski definition) is 5. The summed E-state index contributed by atoms with van der Waals surface area (Å²) in [5.41, 5.74) is 4.97. The van der Waals surface area contributed by atoms with Crippen molar-refractivity contribution in [3.8, 4) is 0 Å². The van der Waals surface area contributed by atoms with E-state index in [1.54, 1.807) is 13.8 Å². The summed E-state index contributed by atoms with van der Waals surface area (Å²) in [5, 5.41) is 15.7. The second-order valence-corrected chi connectivity index (χ2v) is 4.40. The molecule has 4 N–H and O–H groups in total. The molecular formula is C12H16N4O4. The topological polar surface area (TPSA) is 127 Å². The molecule has 1 rings (SSSR count). The Morgan fingerprint density at radius 1 is 1.40 bits per heavy atom. The maximum absolute atomic E-state index is 11.8. The lowest BCUT2D eigenvalue weighted by Gasteiger charge is -2.10. The largest absolute Gasteiger partial charge is 0.393 e. The van der Waals surface area contributed by atoms with Gasteiger partial charge in [-0.3, -0.25) is 19.7 Å². The molecule has 0 saturated carbocycles. The van der Waals surface area contributed by atoms with E-state index in [2.05, 4.69) is 10.6 Å². The minimum atomic E-state index is -0.669. The minimum absolute atomic E-state index is 0.0310. The number of nitrogens with two attached hydrogens (primary N) is 1. The molecule has 0 bridgehead atoms. The lowest BCUT2D eigenvalue weighted by atomic mass is 10.1. The quantitative estimate of drug-likeness (QED) is 0.409. The van der Waals surface area contributed by atoms with Crippen LogP contribution in [-0.2, 0) is 4.79 Å². The van der Waals surface area contributed by atoms with Crippen LogP contribution in [0.25, 0.3) is 0 Å². The van der Waals surface area contributed by atoms with Crippen LogP contribution in [0.2, 0.25) is 0 Å². The van der Waals surface area contributed by atoms with E-state index >= 15 is 0 Å². The fraction of sp³-hybridized carbons (Fsp3) is 0.333. The number of amides is 2. The monoisotopic (exact) mass is 280 g/mol. The molecule has 1 aromatic carbocycles. The highest BCUT2D eigenvalue weighted by Crippen LogP contribution is 2.24. The van der Waals surface area contributed by atoms with Crippen LogP contribution in [-0.4, -0.2) is 29.3 Å². The second-order valence-electron chi connectivity index (χ2n) is 4.40. The van der Waals surface area contributed by atoms with Crippen LogP contribution in [0.1, 0.15) is 24.2 Å². The second kappa shape index (κ2) is 6.50. The fourth-order valence-electron chi connectivity index (χ4n) is 1.54. The normalized spacial score (nSPS) is 10.2. The molecular weight excluding hydrogens is 264 g/mol. The maximum atomic E-state index is 11.8. The summed E-state index contributed by atoms with van der Waals surface area (Å²) in [6, 6.07) is 3.88. The molecule has 20 heavy (non-hydrogen) atoms. The van der Waals surface area contributed by atoms with Gasteiger partial charge in [0.1, 0.15) is 5.69 Å². The number of benzene rings is 1. The Morgan fingerprint density at radius 2 is 2.05 bits per heavy atom. The molecule has 0 atom stereocenters. The zero-order valence-electron chi connectivity index (χ0n) is 11.2. The van der Waals surface area contributed by atoms with Crippen LogP contribution in [0.3, 0.4) is 0 Å². The Hall–Kier alpha value is -2.64. The summed E-state index contributed by atoms with van der Waals surface area (Å²) in [5.74, 6) is -0.984. The zero-order valence-corrected chi connectivity index (χ0v) is 11.2. The zero-order chi connectivity index (χ0) is 15.3. The Labute approximate surface area is 115 Å². The molecule has 8 nitrogen and oxygen atoms in total. The first-order valence-electron chi connectivity index (χ1n) is 5.93. The molecule has 0 radical (unpaired) electrons. The third-order valence-corrected chi connectivity index (χ3v) is 2.38. The smallest absolute Gasteiger partial charge is 0.292 e. The Morgan fingerprint density at radius 3 is 2.60 bits per heavy atom. The number of nitro groups is 1. The number of hydrogen-bond donors (Lipinski definition) is 3. The Balaban J connectivity index is 2.76. The molecule has 0 fully saturated rings. The molecule has 0 spiro atoms. The molecule has 0 saturated heterocycles. The maximum Gasteiger partial charge on any atom is 0.292 e. The number of nitrogens with one attached hydrogen (secondary N) is 2. The van der Waals surface area contributed by atoms with Gasteiger partial charge in [0.2, 0.25) is 5.91 Å². The third kappa shape index (κ3) is 3.94. The van der Waals surface area contributed by atoms with Crippen molar-refractivity contribution in [2.24, 2.45) is 0 Å². The van der Waals surface area contributed by atoms with Crippen molar-refractivity contribution < 1.29 is 14.5 Å². The van der Waals surface area contributed by atoms with Crippen molar-refractivity contribution in [1.82, 2.24) is 10.6 Å². The van der Waals surface area contributed by atoms with Crippen molar-refractivity contribution in [3.63, 3.8) is 0 Å². The molecule has 0 aliphatic rings. The lowest BCUT2D eigenvalue weighted by molar-refractivity contribution is -0.383. The van der Waals surface area contributed by atoms with Gasteiger partial charge >= 0.3 is 0 Å². The highest BCUT2D eigenvalue weighted by molar-refractivity contribution is 6.02. The first-order chi connectivity index (χ1) is 9.32. The van der Waals surface area contributed by atoms with Gasteiger partial charge in [0.15, 0.2) is 0 Å². The van der Waals surface area contributed by atoms with Gasteiger partial charge in [-0.1, -0.05) is 6.07 Å². The average Bonchev–Trinajstić information content (AvgIpc) is 2.35. The van der Waals surface area contributed by atoms with Gasteiger partial charge in [-0.15, -0.1) is 0 Å². The standard InChI is InChI=1S/C12H16N4O4/c1-7(2)15-10(17)6-14-12(18)8-4-3-5-9(11(8)13)16(19)20/h3-5,7H,6,13H2,1-2H3,(H,14,18)(H,15,17). The number of rotatable bonds is 5. The number of anilines is 1. The fourth-order valence-corrected chi connectivity index (χ4v) is 1.54. The first-order valence-corrected chi connectivity index (χ1v) is 5.93. The van der Waals surface area contributed by atoms with Crippen molar-refractivity contribution in [3.05, 3.63) is 33.9 Å². The summed E-state index contributed by atoms with van der Waals surface area (Å²) in [6.45, 7) is 3.36. The molecule has 0 heterocycles. The van der Waals surface area contributed by atoms with Gasteiger partial charge < -0.3 is 16.4 Å². The number of nitro benzene ring substituents is 1. The molecule has 8 heteroatoms. The summed E-state index contributed by atoms with van der Waals surface area (Å²) in [7, 11) is 0. The number of nitrogen functional groups attached to an aromatic ring is 1. The van der Waals surface area contributed by atoms with E-state index in [9.17, 15) is 19.7 Å². The van der Waals surface area contributed by atoms with E-state index in [4.69, 9.17) is 5.73 Å². The van der Waals surface area contributed by atoms with Gasteiger partial charge in [-0.05, 0) is 19.9 Å². The van der Waals surface area contributed by atoms with E-state index in [0.717, 1.165) is 0 Å². The average molecular weight is 280 g/mol. The molecule has 1 aromatic rings. The predicted molar refractivity (Wildman–Crippen MR) is 73.1 cm³/mol. The van der Waals surface area contributed by atoms with Crippen molar-refractivity contribution >= 4 is 23.2 Å². The lowest BCUT2D eigenvalue weighted by Crippen LogP contribution is -2.40. The van der Waals surface area contributed by atoms with Crippen LogP contribution < -0.4 is 16.4 Å². The molecule has 0 aliphatic carbocycles. The van der Waals surface area contributed by atoms with E-state index in [1.807, 2.05) is 0 Å². The summed E-state index contributed by atoms with van der Waals surface area (Å²) >= 11 is 0. The van der Waals surface area contributed by atoms with Crippen LogP contribution in [0, 0.1) is 10.1 Å². The van der Waals surface area contributed by atoms with Crippen molar-refractivity contribution in [2.45, 2.75) is 19.9 Å². The first kappa shape index (κ1) is 15.4. The minimum Gasteiger partial charge on any atom is -0.393 e. The number of carbonyl (C=O) groups excluding carboxylic acids is 2. The van der Waals surface area contributed by atoms with Gasteiger partial charge in [0.05, 0.1) is 17.0 Å². The van der Waals surface area contributed by atoms with Crippen molar-refractivity contribution in [1.29, 1.82) is 0 Å². The molecule has 2 amide bonds. The third-order valence-electron chi connectivity index (χ3n) is 2.38. The highest BCUT2D eigenvalue weighted by atomic mass is 16.6. The molecule has 0 aromatic heterocycles. The van der Waals surface area contributed by atoms with Crippen LogP contribution in [0.15, 0.2) is 18.2 Å². The predicted octanol–water partition coefficient (Wildman–Crippen LogP) is 0.431. The highest BCUT2D eigenvalue weighted by Gasteiger charge is 2.19. The number of carbonyl (C=O) groups is 2. The van der Waals surface area contributed by atoms with Gasteiger partial charge in [-0.2, -0.15) is 0 Å². The van der Waals surface area contributed by atoms with E-state index in [0.29, 0.717) is 0 Å². The van der Waals surface area contributed by atoms with Crippen molar-refractivity contribution in [2.75, 3.05) is 12.3 Å². The van der Waals surface area contributed by atoms with Crippen LogP contribution in [0.4, 0.5) is 11.4 Å². The molecule has 108 valence electrons. The molecule has 0 unspecified atom stereocenters. The Kier molecular flexibility index (Phi) is 5.01. The summed E-state index contributed by atoms with van der Waals surface area (Å²) < 4.78 is 0. The van der Waals surface area contributed by atoms with Crippen LogP contribution >= 0.6 is 0 Å². The van der Waals surface area contributed by atoms with E-state index in [-0.39, 0.29) is 35.4 Å².